The van der Waals surface area contributed by atoms with E-state index in [4.69, 9.17) is 9.47 Å². The molecule has 0 aliphatic rings. The van der Waals surface area contributed by atoms with E-state index in [0.29, 0.717) is 17.0 Å². The molecule has 0 bridgehead atoms. The van der Waals surface area contributed by atoms with Gasteiger partial charge in [-0.05, 0) is 58.0 Å². The Morgan fingerprint density at radius 1 is 1.00 bits per heavy atom. The minimum Gasteiger partial charge on any atom is -0.495 e. The van der Waals surface area contributed by atoms with Gasteiger partial charge in [0, 0.05) is 18.3 Å². The Morgan fingerprint density at radius 3 is 2.15 bits per heavy atom. The third-order valence-electron chi connectivity index (χ3n) is 4.45. The van der Waals surface area contributed by atoms with Crippen LogP contribution < -0.4 is 15.4 Å². The fourth-order valence-corrected chi connectivity index (χ4v) is 3.95. The van der Waals surface area contributed by atoms with Crippen molar-refractivity contribution in [1.82, 2.24) is 4.31 Å². The molecule has 0 aliphatic heterocycles. The van der Waals surface area contributed by atoms with Gasteiger partial charge in [0.1, 0.15) is 11.4 Å². The molecule has 2 aromatic rings. The topological polar surface area (TPSA) is 131 Å². The lowest BCUT2D eigenvalue weighted by Crippen LogP contribution is -2.35. The van der Waals surface area contributed by atoms with E-state index in [1.54, 1.807) is 32.9 Å². The number of hydrogen-bond donors (Lipinski definition) is 2. The zero-order chi connectivity index (χ0) is 25.7. The summed E-state index contributed by atoms with van der Waals surface area (Å²) in [5.74, 6) is -0.436. The largest absolute Gasteiger partial charge is 0.495 e. The monoisotopic (exact) mass is 491 g/mol. The molecule has 34 heavy (non-hydrogen) atoms. The number of nitrogens with zero attached hydrogens (tertiary/aromatic N) is 1. The molecule has 10 nitrogen and oxygen atoms in total. The number of nitrogens with one attached hydrogen (secondary N) is 2. The number of hydrogen-bond acceptors (Lipinski definition) is 7. The second kappa shape index (κ2) is 10.7. The number of benzene rings is 2. The molecule has 0 saturated carbocycles. The van der Waals surface area contributed by atoms with Gasteiger partial charge >= 0.3 is 6.09 Å². The summed E-state index contributed by atoms with van der Waals surface area (Å²) in [5.41, 5.74) is 0.259. The first-order valence-electron chi connectivity index (χ1n) is 10.3. The van der Waals surface area contributed by atoms with Gasteiger partial charge in [-0.25, -0.2) is 13.2 Å². The lowest BCUT2D eigenvalue weighted by Gasteiger charge is -2.20. The van der Waals surface area contributed by atoms with Gasteiger partial charge in [0.2, 0.25) is 15.9 Å². The summed E-state index contributed by atoms with van der Waals surface area (Å²) >= 11 is 0. The van der Waals surface area contributed by atoms with E-state index in [9.17, 15) is 22.8 Å². The second-order valence-electron chi connectivity index (χ2n) is 8.43. The molecule has 0 atom stereocenters. The minimum absolute atomic E-state index is 0.0407. The van der Waals surface area contributed by atoms with E-state index < -0.39 is 34.2 Å². The molecule has 0 unspecified atom stereocenters. The van der Waals surface area contributed by atoms with Gasteiger partial charge in [-0.1, -0.05) is 12.1 Å². The molecule has 2 amide bonds. The number of amides is 2. The van der Waals surface area contributed by atoms with Gasteiger partial charge in [0.15, 0.2) is 5.78 Å². The Balaban J connectivity index is 2.11. The summed E-state index contributed by atoms with van der Waals surface area (Å²) in [6, 6.07) is 10.0. The van der Waals surface area contributed by atoms with E-state index in [1.807, 2.05) is 0 Å². The lowest BCUT2D eigenvalue weighted by molar-refractivity contribution is -0.116. The van der Waals surface area contributed by atoms with Crippen molar-refractivity contribution in [3.63, 3.8) is 0 Å². The number of anilines is 2. The average Bonchev–Trinajstić information content (AvgIpc) is 2.72. The van der Waals surface area contributed by atoms with E-state index >= 15 is 0 Å². The molecule has 184 valence electrons. The standard InChI is InChI=1S/C23H29N3O7S/c1-15(27)16-7-10-18(11-8-16)34(30,31)26(5)14-21(28)24-17-9-12-20(32-6)19(13-17)25-22(29)33-23(2,3)4/h7-13H,14H2,1-6H3,(H,24,28)(H,25,29). The number of rotatable bonds is 8. The van der Waals surface area contributed by atoms with Crippen LogP contribution in [0.3, 0.4) is 0 Å². The summed E-state index contributed by atoms with van der Waals surface area (Å²) < 4.78 is 36.9. The van der Waals surface area contributed by atoms with Gasteiger partial charge in [0.25, 0.3) is 0 Å². The van der Waals surface area contributed by atoms with Crippen LogP contribution in [-0.2, 0) is 19.6 Å². The van der Waals surface area contributed by atoms with Crippen molar-refractivity contribution in [1.29, 1.82) is 0 Å². The van der Waals surface area contributed by atoms with Crippen LogP contribution in [0.5, 0.6) is 5.75 Å². The highest BCUT2D eigenvalue weighted by molar-refractivity contribution is 7.89. The maximum Gasteiger partial charge on any atom is 0.412 e. The van der Waals surface area contributed by atoms with Crippen LogP contribution >= 0.6 is 0 Å². The molecule has 0 spiro atoms. The molecular formula is C23H29N3O7S. The summed E-state index contributed by atoms with van der Waals surface area (Å²) in [6.07, 6.45) is -0.698. The molecule has 11 heteroatoms. The first kappa shape index (κ1) is 26.8. The van der Waals surface area contributed by atoms with Crippen LogP contribution in [0, 0.1) is 0 Å². The molecule has 0 saturated heterocycles. The minimum atomic E-state index is -3.95. The number of sulfonamides is 1. The Kier molecular flexibility index (Phi) is 8.41. The highest BCUT2D eigenvalue weighted by Gasteiger charge is 2.23. The smallest absolute Gasteiger partial charge is 0.412 e. The summed E-state index contributed by atoms with van der Waals surface area (Å²) in [6.45, 7) is 6.10. The van der Waals surface area contributed by atoms with E-state index in [1.165, 1.54) is 51.4 Å². The number of carbonyl (C=O) groups is 3. The van der Waals surface area contributed by atoms with E-state index in [-0.39, 0.29) is 16.4 Å². The van der Waals surface area contributed by atoms with Crippen molar-refractivity contribution in [2.24, 2.45) is 0 Å². The molecular weight excluding hydrogens is 462 g/mol. The number of likely N-dealkylation sites (N-methyl/N-ethyl adjacent to an activating group) is 1. The van der Waals surface area contributed by atoms with Gasteiger partial charge in [-0.15, -0.1) is 0 Å². The van der Waals surface area contributed by atoms with Crippen LogP contribution in [-0.4, -0.2) is 56.8 Å². The number of ether oxygens (including phenoxy) is 2. The molecule has 2 N–H and O–H groups in total. The number of Topliss-reactive ketones (excluding diaryl/α,β-unsaturated/α-hetero) is 1. The average molecular weight is 492 g/mol. The van der Waals surface area contributed by atoms with Gasteiger partial charge in [0.05, 0.1) is 24.2 Å². The normalized spacial score (nSPS) is 11.6. The molecule has 2 aromatic carbocycles. The van der Waals surface area contributed by atoms with Gasteiger partial charge < -0.3 is 14.8 Å². The van der Waals surface area contributed by atoms with Crippen LogP contribution in [0.4, 0.5) is 16.2 Å². The number of ketones is 1. The first-order valence-corrected chi connectivity index (χ1v) is 11.7. The van der Waals surface area contributed by atoms with Crippen molar-refractivity contribution in [2.75, 3.05) is 31.3 Å². The molecule has 0 fully saturated rings. The van der Waals surface area contributed by atoms with Crippen molar-refractivity contribution >= 4 is 39.2 Å². The molecule has 0 radical (unpaired) electrons. The third-order valence-corrected chi connectivity index (χ3v) is 6.27. The maximum absolute atomic E-state index is 12.8. The van der Waals surface area contributed by atoms with Crippen molar-refractivity contribution in [3.05, 3.63) is 48.0 Å². The fourth-order valence-electron chi connectivity index (χ4n) is 2.83. The maximum atomic E-state index is 12.8. The lowest BCUT2D eigenvalue weighted by atomic mass is 10.2. The van der Waals surface area contributed by atoms with Crippen molar-refractivity contribution in [3.8, 4) is 5.75 Å². The van der Waals surface area contributed by atoms with E-state index in [2.05, 4.69) is 10.6 Å². The molecule has 2 rings (SSSR count). The summed E-state index contributed by atoms with van der Waals surface area (Å²) in [5, 5.41) is 5.16. The first-order chi connectivity index (χ1) is 15.7. The Morgan fingerprint density at radius 2 is 1.62 bits per heavy atom. The van der Waals surface area contributed by atoms with Gasteiger partial charge in [-0.2, -0.15) is 4.31 Å². The van der Waals surface area contributed by atoms with Gasteiger partial charge in [-0.3, -0.25) is 14.9 Å². The number of carbonyl (C=O) groups excluding carboxylic acids is 3. The zero-order valence-electron chi connectivity index (χ0n) is 20.0. The Hall–Kier alpha value is -3.44. The van der Waals surface area contributed by atoms with Crippen molar-refractivity contribution in [2.45, 2.75) is 38.2 Å². The molecule has 0 heterocycles. The second-order valence-corrected chi connectivity index (χ2v) is 10.5. The van der Waals surface area contributed by atoms with Crippen LogP contribution in [0.2, 0.25) is 0 Å². The fraction of sp³-hybridized carbons (Fsp3) is 0.348. The third kappa shape index (κ3) is 7.29. The highest BCUT2D eigenvalue weighted by atomic mass is 32.2. The van der Waals surface area contributed by atoms with E-state index in [0.717, 1.165) is 4.31 Å². The predicted molar refractivity (Wildman–Crippen MR) is 128 cm³/mol. The summed E-state index contributed by atoms with van der Waals surface area (Å²) in [4.78, 5) is 36.0. The molecule has 0 aliphatic carbocycles. The quantitative estimate of drug-likeness (QED) is 0.540. The number of methoxy groups -OCH3 is 1. The SMILES string of the molecule is COc1ccc(NC(=O)CN(C)S(=O)(=O)c2ccc(C(C)=O)cc2)cc1NC(=O)OC(C)(C)C. The Bertz CT molecular complexity index is 1170. The summed E-state index contributed by atoms with van der Waals surface area (Å²) in [7, 11) is -1.25. The zero-order valence-corrected chi connectivity index (χ0v) is 20.8. The van der Waals surface area contributed by atoms with Crippen molar-refractivity contribution < 1.29 is 32.3 Å². The van der Waals surface area contributed by atoms with Crippen LogP contribution in [0.25, 0.3) is 0 Å². The molecule has 0 aromatic heterocycles. The van der Waals surface area contributed by atoms with Crippen LogP contribution in [0.15, 0.2) is 47.4 Å². The van der Waals surface area contributed by atoms with Crippen LogP contribution in [0.1, 0.15) is 38.1 Å². The predicted octanol–water partition coefficient (Wildman–Crippen LogP) is 3.50. The highest BCUT2D eigenvalue weighted by Crippen LogP contribution is 2.28. The Labute approximate surface area is 199 Å².